The molecule has 0 saturated heterocycles. The Hall–Kier alpha value is -3.59. The lowest BCUT2D eigenvalue weighted by Gasteiger charge is -2.29. The summed E-state index contributed by atoms with van der Waals surface area (Å²) in [4.78, 5) is 34.6. The number of pyridine rings is 2. The van der Waals surface area contributed by atoms with Crippen molar-refractivity contribution < 1.29 is 13.6 Å². The Balaban J connectivity index is 1.31. The van der Waals surface area contributed by atoms with Gasteiger partial charge in [0.2, 0.25) is 0 Å². The molecule has 0 radical (unpaired) electrons. The third-order valence-corrected chi connectivity index (χ3v) is 7.44. The minimum Gasteiger partial charge on any atom is -0.349 e. The van der Waals surface area contributed by atoms with E-state index >= 15 is 0 Å². The number of amides is 1. The number of alkyl halides is 2. The van der Waals surface area contributed by atoms with Crippen molar-refractivity contribution in [2.45, 2.75) is 58.5 Å². The fourth-order valence-electron chi connectivity index (χ4n) is 5.35. The van der Waals surface area contributed by atoms with Crippen LogP contribution in [0, 0.1) is 19.8 Å². The lowest BCUT2D eigenvalue weighted by molar-refractivity contribution is 0.0904. The molecule has 198 valence electrons. The summed E-state index contributed by atoms with van der Waals surface area (Å²) in [5.41, 5.74) is 3.26. The highest BCUT2D eigenvalue weighted by atomic mass is 35.5. The number of nitrogens with one attached hydrogen (secondary N) is 1. The number of carbonyl (C=O) groups is 1. The van der Waals surface area contributed by atoms with E-state index in [4.69, 9.17) is 11.6 Å². The maximum absolute atomic E-state index is 13.6. The minimum atomic E-state index is -2.87. The summed E-state index contributed by atoms with van der Waals surface area (Å²) in [7, 11) is 0. The first-order valence-corrected chi connectivity index (χ1v) is 13.0. The Morgan fingerprint density at radius 2 is 1.82 bits per heavy atom. The Labute approximate surface area is 223 Å². The topological polar surface area (TPSA) is 81.8 Å². The van der Waals surface area contributed by atoms with Crippen LogP contribution in [0.1, 0.15) is 59.5 Å². The minimum absolute atomic E-state index is 0.108. The van der Waals surface area contributed by atoms with E-state index in [1.165, 1.54) is 6.07 Å². The van der Waals surface area contributed by atoms with Crippen molar-refractivity contribution in [2.75, 3.05) is 0 Å². The molecule has 1 fully saturated rings. The molecule has 0 atom stereocenters. The molecule has 1 aliphatic rings. The van der Waals surface area contributed by atoms with E-state index in [0.29, 0.717) is 19.4 Å². The average molecular weight is 540 g/mol. The van der Waals surface area contributed by atoms with Gasteiger partial charge in [0.25, 0.3) is 12.3 Å². The van der Waals surface area contributed by atoms with Crippen molar-refractivity contribution >= 4 is 28.5 Å². The highest BCUT2D eigenvalue weighted by Gasteiger charge is 2.27. The third kappa shape index (κ3) is 5.07. The molecule has 0 unspecified atom stereocenters. The van der Waals surface area contributed by atoms with Crippen LogP contribution >= 0.6 is 11.6 Å². The van der Waals surface area contributed by atoms with Gasteiger partial charge in [-0.15, -0.1) is 0 Å². The van der Waals surface area contributed by atoms with Gasteiger partial charge in [0, 0.05) is 24.5 Å². The van der Waals surface area contributed by atoms with Gasteiger partial charge < -0.3 is 5.32 Å². The fourth-order valence-corrected chi connectivity index (χ4v) is 5.51. The summed E-state index contributed by atoms with van der Waals surface area (Å²) in [6.07, 6.45) is 1.19. The van der Waals surface area contributed by atoms with Crippen molar-refractivity contribution in [3.8, 4) is 5.69 Å². The number of carbonyl (C=O) groups excluding carboxylic acids is 1. The number of benzene rings is 1. The van der Waals surface area contributed by atoms with Crippen molar-refractivity contribution in [3.05, 3.63) is 86.8 Å². The number of nitrogens with zero attached hydrogens (tertiary/aromatic N) is 4. The summed E-state index contributed by atoms with van der Waals surface area (Å²) in [5.74, 6) is -0.359. The quantitative estimate of drug-likeness (QED) is 0.337. The second kappa shape index (κ2) is 10.6. The van der Waals surface area contributed by atoms with Crippen LogP contribution in [0.4, 0.5) is 8.78 Å². The van der Waals surface area contributed by atoms with Gasteiger partial charge in [-0.3, -0.25) is 23.9 Å². The molecule has 1 aromatic carbocycles. The first kappa shape index (κ1) is 26.0. The van der Waals surface area contributed by atoms with Crippen LogP contribution in [0.3, 0.4) is 0 Å². The number of aromatic nitrogens is 4. The summed E-state index contributed by atoms with van der Waals surface area (Å²) < 4.78 is 30.2. The molecule has 0 bridgehead atoms. The van der Waals surface area contributed by atoms with Crippen molar-refractivity contribution in [1.82, 2.24) is 24.4 Å². The molecule has 1 amide bonds. The zero-order valence-electron chi connectivity index (χ0n) is 21.1. The number of rotatable bonds is 6. The van der Waals surface area contributed by atoms with Gasteiger partial charge in [0.05, 0.1) is 33.0 Å². The maximum Gasteiger partial charge on any atom is 0.333 e. The maximum atomic E-state index is 13.6. The molecule has 1 N–H and O–H groups in total. The lowest BCUT2D eigenvalue weighted by atomic mass is 9.85. The van der Waals surface area contributed by atoms with E-state index < -0.39 is 18.0 Å². The van der Waals surface area contributed by atoms with Crippen molar-refractivity contribution in [1.29, 1.82) is 0 Å². The Morgan fingerprint density at radius 3 is 2.50 bits per heavy atom. The van der Waals surface area contributed by atoms with E-state index in [-0.39, 0.29) is 28.2 Å². The first-order chi connectivity index (χ1) is 18.2. The van der Waals surface area contributed by atoms with Gasteiger partial charge in [-0.2, -0.15) is 0 Å². The molecule has 1 aliphatic carbocycles. The van der Waals surface area contributed by atoms with Crippen LogP contribution in [0.25, 0.3) is 16.7 Å². The summed E-state index contributed by atoms with van der Waals surface area (Å²) >= 11 is 5.89. The number of para-hydroxylation sites is 2. The number of fused-ring (bicyclic) bond motifs is 1. The largest absolute Gasteiger partial charge is 0.349 e. The third-order valence-electron chi connectivity index (χ3n) is 7.23. The average Bonchev–Trinajstić information content (AvgIpc) is 3.16. The van der Waals surface area contributed by atoms with E-state index in [9.17, 15) is 18.4 Å². The Bertz CT molecular complexity index is 1560. The fraction of sp³-hybridized carbons (Fsp3) is 0.357. The zero-order valence-corrected chi connectivity index (χ0v) is 21.9. The van der Waals surface area contributed by atoms with Crippen LogP contribution < -0.4 is 11.0 Å². The Kier molecular flexibility index (Phi) is 7.29. The lowest BCUT2D eigenvalue weighted by Crippen LogP contribution is -2.39. The van der Waals surface area contributed by atoms with Crippen LogP contribution in [0.2, 0.25) is 5.02 Å². The first-order valence-electron chi connectivity index (χ1n) is 12.6. The standard InChI is InChI=1S/C28H28ClF2N5O2/c1-16-7-12-22(17(2)33-16)36-24-6-4-3-5-23(24)35(28(36)38)15-18-8-10-20(11-9-18)34-27(37)21-13-19(29)14-32-25(21)26(30)31/h3-7,12-14,18,20,26H,8-11,15H2,1-2H3,(H,34,37)/t18-,20-. The molecule has 5 rings (SSSR count). The molecule has 3 heterocycles. The predicted octanol–water partition coefficient (Wildman–Crippen LogP) is 5.78. The number of hydrogen-bond donors (Lipinski definition) is 1. The van der Waals surface area contributed by atoms with Crippen LogP contribution in [-0.4, -0.2) is 31.1 Å². The number of halogens is 3. The summed E-state index contributed by atoms with van der Waals surface area (Å²) in [5, 5.41) is 3.00. The van der Waals surface area contributed by atoms with Crippen molar-refractivity contribution in [2.24, 2.45) is 5.92 Å². The molecule has 38 heavy (non-hydrogen) atoms. The second-order valence-electron chi connectivity index (χ2n) is 9.85. The van der Waals surface area contributed by atoms with Gasteiger partial charge in [-0.1, -0.05) is 23.7 Å². The normalized spacial score (nSPS) is 17.7. The molecule has 0 spiro atoms. The SMILES string of the molecule is Cc1ccc(-n2c(=O)n(C[C@H]3CC[C@H](NC(=O)c4cc(Cl)cnc4C(F)F)CC3)c3ccccc32)c(C)n1. The smallest absolute Gasteiger partial charge is 0.333 e. The molecule has 1 saturated carbocycles. The van der Waals surface area contributed by atoms with Gasteiger partial charge in [-0.25, -0.2) is 13.6 Å². The number of hydrogen-bond acceptors (Lipinski definition) is 4. The molecule has 10 heteroatoms. The summed E-state index contributed by atoms with van der Waals surface area (Å²) in [6.45, 7) is 4.38. The highest BCUT2D eigenvalue weighted by molar-refractivity contribution is 6.30. The van der Waals surface area contributed by atoms with Gasteiger partial charge >= 0.3 is 5.69 Å². The molecular weight excluding hydrogens is 512 g/mol. The van der Waals surface area contributed by atoms with Crippen molar-refractivity contribution in [3.63, 3.8) is 0 Å². The molecule has 7 nitrogen and oxygen atoms in total. The molecule has 4 aromatic rings. The van der Waals surface area contributed by atoms with Crippen LogP contribution in [0.15, 0.2) is 53.5 Å². The van der Waals surface area contributed by atoms with Gasteiger partial charge in [0.1, 0.15) is 5.69 Å². The predicted molar refractivity (Wildman–Crippen MR) is 142 cm³/mol. The van der Waals surface area contributed by atoms with E-state index in [1.807, 2.05) is 54.8 Å². The van der Waals surface area contributed by atoms with E-state index in [0.717, 1.165) is 47.1 Å². The van der Waals surface area contributed by atoms with Gasteiger partial charge in [0.15, 0.2) is 0 Å². The zero-order chi connectivity index (χ0) is 27.0. The van der Waals surface area contributed by atoms with E-state index in [2.05, 4.69) is 15.3 Å². The highest BCUT2D eigenvalue weighted by Crippen LogP contribution is 2.29. The number of imidazole rings is 1. The molecular formula is C28H28ClF2N5O2. The molecule has 3 aromatic heterocycles. The monoisotopic (exact) mass is 539 g/mol. The second-order valence-corrected chi connectivity index (χ2v) is 10.3. The van der Waals surface area contributed by atoms with Crippen LogP contribution in [-0.2, 0) is 6.54 Å². The van der Waals surface area contributed by atoms with Gasteiger partial charge in [-0.05, 0) is 75.8 Å². The summed E-state index contributed by atoms with van der Waals surface area (Å²) in [6, 6.07) is 12.6. The number of aryl methyl sites for hydroxylation is 2. The van der Waals surface area contributed by atoms with Crippen LogP contribution in [0.5, 0.6) is 0 Å². The molecule has 0 aliphatic heterocycles. The Morgan fingerprint density at radius 1 is 1.11 bits per heavy atom. The van der Waals surface area contributed by atoms with E-state index in [1.54, 1.807) is 4.57 Å².